The van der Waals surface area contributed by atoms with Crippen LogP contribution in [0.4, 0.5) is 14.5 Å². The van der Waals surface area contributed by atoms with Gasteiger partial charge in [0.25, 0.3) is 0 Å². The molecule has 0 amide bonds. The number of nitrogens with zero attached hydrogens (tertiary/aromatic N) is 3. The Morgan fingerprint density at radius 3 is 2.92 bits per heavy atom. The molecule has 0 fully saturated rings. The number of hydrogen-bond donors (Lipinski definition) is 1. The van der Waals surface area contributed by atoms with Gasteiger partial charge in [-0.3, -0.25) is 4.98 Å². The minimum Gasteiger partial charge on any atom is -0.379 e. The highest BCUT2D eigenvalue weighted by atomic mass is 35.5. The molecule has 0 aliphatic carbocycles. The number of aromatic nitrogens is 3. The number of aryl methyl sites for hydroxylation is 1. The quantitative estimate of drug-likeness (QED) is 0.757. The Kier molecular flexibility index (Phi) is 4.13. The number of benzene rings is 1. The van der Waals surface area contributed by atoms with E-state index < -0.39 is 11.6 Å². The van der Waals surface area contributed by atoms with E-state index in [9.17, 15) is 8.78 Å². The van der Waals surface area contributed by atoms with Gasteiger partial charge in [0.15, 0.2) is 0 Å². The number of halogens is 3. The second kappa shape index (κ2) is 6.44. The second-order valence-electron chi connectivity index (χ2n) is 6.05. The molecule has 4 rings (SSSR count). The van der Waals surface area contributed by atoms with Crippen molar-refractivity contribution in [3.8, 4) is 11.3 Å². The highest BCUT2D eigenvalue weighted by Crippen LogP contribution is 2.27. The number of fused-ring (bicyclic) bond motifs is 1. The lowest BCUT2D eigenvalue weighted by Crippen LogP contribution is -2.31. The third kappa shape index (κ3) is 3.22. The zero-order valence-corrected chi connectivity index (χ0v) is 14.0. The average molecular weight is 361 g/mol. The molecule has 25 heavy (non-hydrogen) atoms. The smallest absolute Gasteiger partial charge is 0.135 e. The summed E-state index contributed by atoms with van der Waals surface area (Å²) in [6, 6.07) is 5.57. The molecule has 1 aliphatic rings. The van der Waals surface area contributed by atoms with Gasteiger partial charge in [-0.05, 0) is 24.6 Å². The van der Waals surface area contributed by atoms with Crippen LogP contribution in [0.1, 0.15) is 12.2 Å². The Morgan fingerprint density at radius 2 is 2.12 bits per heavy atom. The lowest BCUT2D eigenvalue weighted by atomic mass is 10.1. The van der Waals surface area contributed by atoms with E-state index in [1.807, 2.05) is 16.8 Å². The van der Waals surface area contributed by atoms with Gasteiger partial charge in [0.2, 0.25) is 0 Å². The maximum atomic E-state index is 14.0. The van der Waals surface area contributed by atoms with Crippen LogP contribution >= 0.6 is 11.6 Å². The first-order valence-electron chi connectivity index (χ1n) is 7.97. The molecular formula is C18H15ClF2N4. The van der Waals surface area contributed by atoms with Crippen LogP contribution in [0.5, 0.6) is 0 Å². The van der Waals surface area contributed by atoms with E-state index in [0.29, 0.717) is 22.8 Å². The summed E-state index contributed by atoms with van der Waals surface area (Å²) in [7, 11) is 0. The van der Waals surface area contributed by atoms with Gasteiger partial charge in [-0.25, -0.2) is 13.8 Å². The van der Waals surface area contributed by atoms with Crippen LogP contribution in [0, 0.1) is 11.6 Å². The number of hydrogen-bond acceptors (Lipinski definition) is 3. The summed E-state index contributed by atoms with van der Waals surface area (Å²) in [5, 5.41) is 3.99. The fourth-order valence-corrected chi connectivity index (χ4v) is 3.27. The molecule has 128 valence electrons. The number of rotatable bonds is 3. The molecule has 1 aliphatic heterocycles. The van der Waals surface area contributed by atoms with Crippen molar-refractivity contribution in [1.29, 1.82) is 0 Å². The average Bonchev–Trinajstić information content (AvgIpc) is 3.00. The van der Waals surface area contributed by atoms with E-state index in [1.54, 1.807) is 12.4 Å². The van der Waals surface area contributed by atoms with Crippen LogP contribution in [0.25, 0.3) is 11.3 Å². The van der Waals surface area contributed by atoms with Crippen molar-refractivity contribution < 1.29 is 8.78 Å². The second-order valence-corrected chi connectivity index (χ2v) is 6.46. The summed E-state index contributed by atoms with van der Waals surface area (Å²) in [6.45, 7) is 0.698. The zero-order chi connectivity index (χ0) is 17.4. The fourth-order valence-electron chi connectivity index (χ4n) is 3.10. The van der Waals surface area contributed by atoms with Crippen molar-refractivity contribution in [1.82, 2.24) is 14.5 Å². The Balaban J connectivity index is 1.56. The monoisotopic (exact) mass is 360 g/mol. The number of pyridine rings is 1. The lowest BCUT2D eigenvalue weighted by molar-refractivity contribution is 0.476. The largest absolute Gasteiger partial charge is 0.379 e. The molecule has 1 atom stereocenters. The van der Waals surface area contributed by atoms with Gasteiger partial charge in [-0.1, -0.05) is 11.6 Å². The number of anilines is 1. The topological polar surface area (TPSA) is 42.7 Å². The Morgan fingerprint density at radius 1 is 1.24 bits per heavy atom. The van der Waals surface area contributed by atoms with Crippen LogP contribution in [0.2, 0.25) is 5.02 Å². The van der Waals surface area contributed by atoms with Gasteiger partial charge < -0.3 is 9.88 Å². The maximum absolute atomic E-state index is 14.0. The summed E-state index contributed by atoms with van der Waals surface area (Å²) in [5.74, 6) is -0.296. The molecule has 4 nitrogen and oxygen atoms in total. The normalized spacial score (nSPS) is 16.5. The Labute approximate surface area is 148 Å². The molecule has 0 bridgehead atoms. The first-order valence-corrected chi connectivity index (χ1v) is 8.35. The van der Waals surface area contributed by atoms with E-state index in [1.165, 1.54) is 12.1 Å². The van der Waals surface area contributed by atoms with Crippen molar-refractivity contribution in [2.45, 2.75) is 25.4 Å². The number of nitrogens with one attached hydrogen (secondary N) is 1. The van der Waals surface area contributed by atoms with Crippen molar-refractivity contribution >= 4 is 17.3 Å². The summed E-state index contributed by atoms with van der Waals surface area (Å²) < 4.78 is 29.1. The molecule has 1 unspecified atom stereocenters. The van der Waals surface area contributed by atoms with Crippen LogP contribution < -0.4 is 5.32 Å². The van der Waals surface area contributed by atoms with Gasteiger partial charge in [0.05, 0.1) is 16.4 Å². The summed E-state index contributed by atoms with van der Waals surface area (Å²) >= 11 is 6.14. The predicted octanol–water partition coefficient (Wildman–Crippen LogP) is 4.30. The molecule has 1 N–H and O–H groups in total. The molecule has 3 heterocycles. The minimum atomic E-state index is -0.603. The highest BCUT2D eigenvalue weighted by molar-refractivity contribution is 6.33. The van der Waals surface area contributed by atoms with E-state index in [2.05, 4.69) is 15.3 Å². The molecule has 2 aromatic heterocycles. The fraction of sp³-hybridized carbons (Fsp3) is 0.222. The SMILES string of the molecule is Fc1ccc(-c2cn3c(n2)CCC(Nc2ccncc2Cl)C3)c(F)c1. The molecule has 3 aromatic rings. The molecule has 0 spiro atoms. The molecule has 7 heteroatoms. The van der Waals surface area contributed by atoms with E-state index in [4.69, 9.17) is 11.6 Å². The van der Waals surface area contributed by atoms with Gasteiger partial charge in [0, 0.05) is 49.2 Å². The first-order chi connectivity index (χ1) is 12.1. The van der Waals surface area contributed by atoms with Crippen LogP contribution in [-0.4, -0.2) is 20.6 Å². The van der Waals surface area contributed by atoms with E-state index >= 15 is 0 Å². The molecular weight excluding hydrogens is 346 g/mol. The van der Waals surface area contributed by atoms with Crippen molar-refractivity contribution in [3.63, 3.8) is 0 Å². The minimum absolute atomic E-state index is 0.188. The third-order valence-electron chi connectivity index (χ3n) is 4.33. The maximum Gasteiger partial charge on any atom is 0.135 e. The lowest BCUT2D eigenvalue weighted by Gasteiger charge is -2.25. The van der Waals surface area contributed by atoms with Gasteiger partial charge in [-0.15, -0.1) is 0 Å². The summed E-state index contributed by atoms with van der Waals surface area (Å²) in [4.78, 5) is 8.48. The molecule has 1 aromatic carbocycles. The van der Waals surface area contributed by atoms with Crippen molar-refractivity contribution in [2.75, 3.05) is 5.32 Å². The van der Waals surface area contributed by atoms with Crippen LogP contribution in [-0.2, 0) is 13.0 Å². The number of imidazole rings is 1. The van der Waals surface area contributed by atoms with Crippen LogP contribution in [0.15, 0.2) is 42.9 Å². The van der Waals surface area contributed by atoms with Gasteiger partial charge in [-0.2, -0.15) is 0 Å². The first kappa shape index (κ1) is 16.0. The van der Waals surface area contributed by atoms with Gasteiger partial charge >= 0.3 is 0 Å². The van der Waals surface area contributed by atoms with Gasteiger partial charge in [0.1, 0.15) is 17.5 Å². The van der Waals surface area contributed by atoms with Crippen LogP contribution in [0.3, 0.4) is 0 Å². The standard InChI is InChI=1S/C18H15ClF2N4/c19-14-8-22-6-5-16(14)23-12-2-4-18-24-17(10-25(18)9-12)13-3-1-11(20)7-15(13)21/h1,3,5-8,10,12H,2,4,9H2,(H,22,23). The zero-order valence-electron chi connectivity index (χ0n) is 13.2. The van der Waals surface area contributed by atoms with Crippen molar-refractivity contribution in [3.05, 3.63) is 65.3 Å². The molecule has 0 radical (unpaired) electrons. The van der Waals surface area contributed by atoms with Crippen molar-refractivity contribution in [2.24, 2.45) is 0 Å². The van der Waals surface area contributed by atoms with E-state index in [-0.39, 0.29) is 6.04 Å². The third-order valence-corrected chi connectivity index (χ3v) is 4.63. The highest BCUT2D eigenvalue weighted by Gasteiger charge is 2.22. The summed E-state index contributed by atoms with van der Waals surface area (Å²) in [6.07, 6.45) is 6.76. The Hall–Kier alpha value is -2.47. The Bertz CT molecular complexity index is 925. The molecule has 0 saturated carbocycles. The van der Waals surface area contributed by atoms with E-state index in [0.717, 1.165) is 30.4 Å². The molecule has 0 saturated heterocycles. The summed E-state index contributed by atoms with van der Waals surface area (Å²) in [5.41, 5.74) is 1.68. The predicted molar refractivity (Wildman–Crippen MR) is 92.6 cm³/mol.